The van der Waals surface area contributed by atoms with Gasteiger partial charge in [-0.3, -0.25) is 4.79 Å². The molecule has 0 radical (unpaired) electrons. The standard InChI is InChI=1S/C21H19BrN2O3S/c1-4-12(2)27-18-11-14(22)13(9-17(18)26-3)10-19-20(25)24-16-8-6-5-7-15(16)23-21(24)28-19/h5-12H,4H2,1-3H3/b19-10-/t12-/m0/s1. The highest BCUT2D eigenvalue weighted by atomic mass is 79.9. The molecule has 0 aliphatic rings. The molecule has 0 amide bonds. The Morgan fingerprint density at radius 1 is 1.29 bits per heavy atom. The Balaban J connectivity index is 1.84. The minimum Gasteiger partial charge on any atom is -0.493 e. The van der Waals surface area contributed by atoms with E-state index < -0.39 is 0 Å². The molecule has 0 unspecified atom stereocenters. The minimum atomic E-state index is -0.0699. The lowest BCUT2D eigenvalue weighted by atomic mass is 10.2. The molecule has 0 fully saturated rings. The van der Waals surface area contributed by atoms with Crippen LogP contribution in [-0.4, -0.2) is 22.6 Å². The zero-order valence-electron chi connectivity index (χ0n) is 15.7. The van der Waals surface area contributed by atoms with Gasteiger partial charge in [-0.05, 0) is 49.2 Å². The van der Waals surface area contributed by atoms with Crippen LogP contribution in [0.3, 0.4) is 0 Å². The lowest BCUT2D eigenvalue weighted by Gasteiger charge is -2.16. The van der Waals surface area contributed by atoms with Gasteiger partial charge in [0.2, 0.25) is 0 Å². The summed E-state index contributed by atoms with van der Waals surface area (Å²) >= 11 is 4.97. The average Bonchev–Trinajstić information content (AvgIpc) is 3.20. The third kappa shape index (κ3) is 3.29. The number of thiazole rings is 1. The molecule has 4 rings (SSSR count). The van der Waals surface area contributed by atoms with Gasteiger partial charge in [-0.15, -0.1) is 0 Å². The molecule has 0 spiro atoms. The minimum absolute atomic E-state index is 0.0699. The first kappa shape index (κ1) is 19.0. The second-order valence-electron chi connectivity index (χ2n) is 6.50. The van der Waals surface area contributed by atoms with Crippen LogP contribution >= 0.6 is 27.3 Å². The average molecular weight is 459 g/mol. The number of imidazole rings is 1. The Kier molecular flexibility index (Phi) is 5.12. The summed E-state index contributed by atoms with van der Waals surface area (Å²) in [5.74, 6) is 1.31. The van der Waals surface area contributed by atoms with Crippen molar-refractivity contribution in [2.45, 2.75) is 26.4 Å². The summed E-state index contributed by atoms with van der Waals surface area (Å²) in [6, 6.07) is 11.4. The summed E-state index contributed by atoms with van der Waals surface area (Å²) < 4.78 is 14.6. The molecule has 2 heterocycles. The Hall–Kier alpha value is -2.38. The number of methoxy groups -OCH3 is 1. The van der Waals surface area contributed by atoms with Gasteiger partial charge in [0.15, 0.2) is 16.5 Å². The van der Waals surface area contributed by atoms with Gasteiger partial charge in [0.1, 0.15) is 0 Å². The molecule has 144 valence electrons. The van der Waals surface area contributed by atoms with Crippen molar-refractivity contribution in [3.63, 3.8) is 0 Å². The van der Waals surface area contributed by atoms with Crippen molar-refractivity contribution in [2.75, 3.05) is 7.11 Å². The van der Waals surface area contributed by atoms with E-state index in [-0.39, 0.29) is 11.7 Å². The quantitative estimate of drug-likeness (QED) is 0.444. The van der Waals surface area contributed by atoms with Crippen molar-refractivity contribution in [1.82, 2.24) is 9.38 Å². The molecule has 0 bridgehead atoms. The van der Waals surface area contributed by atoms with E-state index in [4.69, 9.17) is 9.47 Å². The maximum absolute atomic E-state index is 13.0. The molecule has 28 heavy (non-hydrogen) atoms. The number of rotatable bonds is 5. The lowest BCUT2D eigenvalue weighted by Crippen LogP contribution is -2.22. The number of halogens is 1. The Morgan fingerprint density at radius 2 is 2.07 bits per heavy atom. The smallest absolute Gasteiger partial charge is 0.274 e. The summed E-state index contributed by atoms with van der Waals surface area (Å²) in [5, 5.41) is 0. The number of ether oxygens (including phenoxy) is 2. The Morgan fingerprint density at radius 3 is 2.82 bits per heavy atom. The normalized spacial score (nSPS) is 13.4. The van der Waals surface area contributed by atoms with Gasteiger partial charge in [0, 0.05) is 4.47 Å². The van der Waals surface area contributed by atoms with Crippen LogP contribution in [0.5, 0.6) is 11.5 Å². The van der Waals surface area contributed by atoms with E-state index in [1.807, 2.05) is 49.4 Å². The molecule has 0 saturated heterocycles. The maximum atomic E-state index is 13.0. The number of fused-ring (bicyclic) bond motifs is 3. The molecule has 0 N–H and O–H groups in total. The number of aromatic nitrogens is 2. The van der Waals surface area contributed by atoms with Crippen molar-refractivity contribution in [3.05, 3.63) is 61.3 Å². The van der Waals surface area contributed by atoms with Crippen molar-refractivity contribution < 1.29 is 9.47 Å². The van der Waals surface area contributed by atoms with Gasteiger partial charge >= 0.3 is 0 Å². The van der Waals surface area contributed by atoms with Crippen LogP contribution in [-0.2, 0) is 0 Å². The number of nitrogens with zero attached hydrogens (tertiary/aromatic N) is 2. The fraction of sp³-hybridized carbons (Fsp3) is 0.238. The molecular formula is C21H19BrN2O3S. The molecule has 0 aliphatic heterocycles. The van der Waals surface area contributed by atoms with Crippen LogP contribution in [0.25, 0.3) is 22.1 Å². The van der Waals surface area contributed by atoms with Crippen LogP contribution in [0.15, 0.2) is 45.7 Å². The monoisotopic (exact) mass is 458 g/mol. The molecule has 0 aliphatic carbocycles. The third-order valence-electron chi connectivity index (χ3n) is 4.62. The Bertz CT molecular complexity index is 1280. The third-order valence-corrected chi connectivity index (χ3v) is 6.27. The number of benzene rings is 2. The van der Waals surface area contributed by atoms with Crippen molar-refractivity contribution >= 4 is 49.3 Å². The molecule has 5 nitrogen and oxygen atoms in total. The molecule has 4 aromatic rings. The van der Waals surface area contributed by atoms with Crippen molar-refractivity contribution in [2.24, 2.45) is 0 Å². The predicted molar refractivity (Wildman–Crippen MR) is 117 cm³/mol. The van der Waals surface area contributed by atoms with Crippen molar-refractivity contribution in [1.29, 1.82) is 0 Å². The number of hydrogen-bond donors (Lipinski definition) is 0. The van der Waals surface area contributed by atoms with E-state index in [1.54, 1.807) is 11.5 Å². The zero-order chi connectivity index (χ0) is 19.8. The van der Waals surface area contributed by atoms with Crippen LogP contribution in [0, 0.1) is 0 Å². The largest absolute Gasteiger partial charge is 0.493 e. The Labute approximate surface area is 174 Å². The second-order valence-corrected chi connectivity index (χ2v) is 8.36. The van der Waals surface area contributed by atoms with E-state index >= 15 is 0 Å². The summed E-state index contributed by atoms with van der Waals surface area (Å²) in [6.45, 7) is 4.09. The molecule has 7 heteroatoms. The maximum Gasteiger partial charge on any atom is 0.274 e. The lowest BCUT2D eigenvalue weighted by molar-refractivity contribution is 0.207. The highest BCUT2D eigenvalue weighted by molar-refractivity contribution is 9.10. The first-order valence-corrected chi connectivity index (χ1v) is 10.6. The summed E-state index contributed by atoms with van der Waals surface area (Å²) in [6.07, 6.45) is 2.84. The molecule has 2 aromatic heterocycles. The predicted octanol–water partition coefficient (Wildman–Crippen LogP) is 4.41. The first-order chi connectivity index (χ1) is 13.5. The van der Waals surface area contributed by atoms with E-state index in [0.717, 1.165) is 27.5 Å². The van der Waals surface area contributed by atoms with Gasteiger partial charge in [-0.2, -0.15) is 0 Å². The summed E-state index contributed by atoms with van der Waals surface area (Å²) in [4.78, 5) is 18.2. The van der Waals surface area contributed by atoms with E-state index in [0.29, 0.717) is 21.0 Å². The van der Waals surface area contributed by atoms with Crippen LogP contribution in [0.2, 0.25) is 0 Å². The number of para-hydroxylation sites is 2. The fourth-order valence-electron chi connectivity index (χ4n) is 2.97. The molecule has 2 aromatic carbocycles. The fourth-order valence-corrected chi connectivity index (χ4v) is 4.38. The van der Waals surface area contributed by atoms with E-state index in [2.05, 4.69) is 27.8 Å². The van der Waals surface area contributed by atoms with Gasteiger partial charge < -0.3 is 9.47 Å². The van der Waals surface area contributed by atoms with Gasteiger partial charge in [0.05, 0.1) is 28.8 Å². The molecule has 0 saturated carbocycles. The zero-order valence-corrected chi connectivity index (χ0v) is 18.1. The van der Waals surface area contributed by atoms with Gasteiger partial charge in [-0.1, -0.05) is 46.3 Å². The van der Waals surface area contributed by atoms with E-state index in [9.17, 15) is 4.79 Å². The van der Waals surface area contributed by atoms with Gasteiger partial charge in [-0.25, -0.2) is 9.38 Å². The topological polar surface area (TPSA) is 52.8 Å². The van der Waals surface area contributed by atoms with Crippen LogP contribution in [0.4, 0.5) is 0 Å². The summed E-state index contributed by atoms with van der Waals surface area (Å²) in [5.41, 5.74) is 2.43. The molecule has 1 atom stereocenters. The highest BCUT2D eigenvalue weighted by Gasteiger charge is 2.14. The van der Waals surface area contributed by atoms with Gasteiger partial charge in [0.25, 0.3) is 5.56 Å². The SMILES string of the molecule is CC[C@H](C)Oc1cc(Br)c(/C=c2\sc3nc4ccccc4n3c2=O)cc1OC. The number of hydrogen-bond acceptors (Lipinski definition) is 5. The first-order valence-electron chi connectivity index (χ1n) is 8.97. The van der Waals surface area contributed by atoms with Crippen molar-refractivity contribution in [3.8, 4) is 11.5 Å². The van der Waals surface area contributed by atoms with E-state index in [1.165, 1.54) is 11.3 Å². The second kappa shape index (κ2) is 7.56. The summed E-state index contributed by atoms with van der Waals surface area (Å²) in [7, 11) is 1.61. The van der Waals surface area contributed by atoms with Crippen LogP contribution < -0.4 is 19.6 Å². The molecular weight excluding hydrogens is 440 g/mol. The van der Waals surface area contributed by atoms with Crippen LogP contribution in [0.1, 0.15) is 25.8 Å². The highest BCUT2D eigenvalue weighted by Crippen LogP contribution is 2.34.